The molecule has 0 fully saturated rings. The molecule has 0 saturated carbocycles. The molecule has 0 bridgehead atoms. The van der Waals surface area contributed by atoms with E-state index in [4.69, 9.17) is 23.5 Å². The van der Waals surface area contributed by atoms with Crippen molar-refractivity contribution in [2.75, 3.05) is 26.9 Å². The smallest absolute Gasteiger partial charge is 0.338 e. The van der Waals surface area contributed by atoms with Crippen molar-refractivity contribution >= 4 is 5.97 Å². The topological polar surface area (TPSA) is 106 Å². The van der Waals surface area contributed by atoms with Gasteiger partial charge in [0.25, 0.3) is 0 Å². The van der Waals surface area contributed by atoms with Gasteiger partial charge in [0.15, 0.2) is 11.5 Å². The first kappa shape index (κ1) is 18.7. The molecule has 0 amide bonds. The minimum absolute atomic E-state index is 0.209. The maximum Gasteiger partial charge on any atom is 0.338 e. The average Bonchev–Trinajstić information content (AvgIpc) is 3.25. The van der Waals surface area contributed by atoms with Crippen molar-refractivity contribution in [2.45, 2.75) is 12.8 Å². The first-order chi connectivity index (χ1) is 14.2. The van der Waals surface area contributed by atoms with Crippen LogP contribution in [0.1, 0.15) is 22.7 Å². The lowest BCUT2D eigenvalue weighted by atomic mass is 10.1. The van der Waals surface area contributed by atoms with Gasteiger partial charge in [-0.3, -0.25) is 4.98 Å². The first-order valence-corrected chi connectivity index (χ1v) is 9.12. The highest BCUT2D eigenvalue weighted by molar-refractivity contribution is 5.91. The Morgan fingerprint density at radius 1 is 1.24 bits per heavy atom. The number of carbonyl (C=O) groups excluding carboxylic acids is 1. The molecule has 2 aromatic heterocycles. The van der Waals surface area contributed by atoms with E-state index in [0.717, 1.165) is 5.56 Å². The third-order valence-corrected chi connectivity index (χ3v) is 4.22. The van der Waals surface area contributed by atoms with Crippen molar-refractivity contribution in [1.82, 2.24) is 15.1 Å². The molecule has 0 aliphatic carbocycles. The number of fused-ring (bicyclic) bond motifs is 1. The molecule has 0 atom stereocenters. The first-order valence-electron chi connectivity index (χ1n) is 9.12. The van der Waals surface area contributed by atoms with E-state index in [0.29, 0.717) is 60.6 Å². The molecule has 0 radical (unpaired) electrons. The van der Waals surface area contributed by atoms with Crippen molar-refractivity contribution in [3.05, 3.63) is 48.1 Å². The Balaban J connectivity index is 1.31. The molecule has 150 valence electrons. The lowest BCUT2D eigenvalue weighted by molar-refractivity contribution is 0.0496. The van der Waals surface area contributed by atoms with Gasteiger partial charge in [-0.2, -0.15) is 4.98 Å². The van der Waals surface area contributed by atoms with Gasteiger partial charge in [0.05, 0.1) is 19.3 Å². The molecule has 9 nitrogen and oxygen atoms in total. The van der Waals surface area contributed by atoms with Crippen molar-refractivity contribution in [3.63, 3.8) is 0 Å². The molecule has 1 aliphatic heterocycles. The Labute approximate surface area is 166 Å². The minimum Gasteiger partial charge on any atom is -0.493 e. The van der Waals surface area contributed by atoms with Crippen LogP contribution in [0.25, 0.3) is 11.4 Å². The van der Waals surface area contributed by atoms with Crippen LogP contribution in [0.5, 0.6) is 17.2 Å². The Morgan fingerprint density at radius 2 is 2.14 bits per heavy atom. The summed E-state index contributed by atoms with van der Waals surface area (Å²) >= 11 is 0. The lowest BCUT2D eigenvalue weighted by Crippen LogP contribution is -2.17. The molecule has 0 saturated heterocycles. The fraction of sp³-hybridized carbons (Fsp3) is 0.300. The summed E-state index contributed by atoms with van der Waals surface area (Å²) in [6.45, 7) is 1.06. The van der Waals surface area contributed by atoms with Gasteiger partial charge in [-0.25, -0.2) is 4.79 Å². The van der Waals surface area contributed by atoms with Gasteiger partial charge in [0, 0.05) is 24.4 Å². The van der Waals surface area contributed by atoms with Gasteiger partial charge in [-0.1, -0.05) is 5.16 Å². The quantitative estimate of drug-likeness (QED) is 0.439. The molecule has 29 heavy (non-hydrogen) atoms. The molecule has 3 aromatic rings. The Morgan fingerprint density at radius 3 is 2.97 bits per heavy atom. The Hall–Kier alpha value is -3.62. The van der Waals surface area contributed by atoms with Crippen LogP contribution in [0.2, 0.25) is 0 Å². The molecule has 0 N–H and O–H groups in total. The van der Waals surface area contributed by atoms with Crippen LogP contribution < -0.4 is 14.2 Å². The van der Waals surface area contributed by atoms with Crippen molar-refractivity contribution in [1.29, 1.82) is 0 Å². The van der Waals surface area contributed by atoms with Gasteiger partial charge in [0.1, 0.15) is 13.2 Å². The monoisotopic (exact) mass is 397 g/mol. The zero-order chi connectivity index (χ0) is 20.1. The number of carbonyl (C=O) groups is 1. The number of ether oxygens (including phenoxy) is 4. The number of hydrogen-bond donors (Lipinski definition) is 0. The van der Waals surface area contributed by atoms with E-state index in [1.54, 1.807) is 30.6 Å². The number of aryl methyl sites for hydroxylation is 1. The fourth-order valence-corrected chi connectivity index (χ4v) is 2.83. The molecule has 0 spiro atoms. The SMILES string of the molecule is COc1cc(C(=O)OCCCc2nc(-c3cccnc3)no2)cc2c1OCCO2. The normalized spacial score (nSPS) is 12.4. The summed E-state index contributed by atoms with van der Waals surface area (Å²) in [7, 11) is 1.51. The van der Waals surface area contributed by atoms with E-state index in [-0.39, 0.29) is 6.61 Å². The predicted molar refractivity (Wildman–Crippen MR) is 100 cm³/mol. The number of esters is 1. The second-order valence-electron chi connectivity index (χ2n) is 6.20. The van der Waals surface area contributed by atoms with Gasteiger partial charge in [-0.15, -0.1) is 0 Å². The van der Waals surface area contributed by atoms with E-state index in [1.165, 1.54) is 7.11 Å². The van der Waals surface area contributed by atoms with Gasteiger partial charge in [-0.05, 0) is 30.7 Å². The zero-order valence-corrected chi connectivity index (χ0v) is 15.8. The summed E-state index contributed by atoms with van der Waals surface area (Å²) in [5.41, 5.74) is 1.12. The Bertz CT molecular complexity index is 972. The van der Waals surface area contributed by atoms with Crippen LogP contribution in [-0.4, -0.2) is 48.0 Å². The van der Waals surface area contributed by atoms with Crippen LogP contribution in [-0.2, 0) is 11.2 Å². The molecule has 4 rings (SSSR count). The molecule has 3 heterocycles. The largest absolute Gasteiger partial charge is 0.493 e. The van der Waals surface area contributed by atoms with Crippen LogP contribution in [0.15, 0.2) is 41.2 Å². The van der Waals surface area contributed by atoms with Crippen molar-refractivity contribution in [2.24, 2.45) is 0 Å². The predicted octanol–water partition coefficient (Wildman–Crippen LogP) is 2.70. The van der Waals surface area contributed by atoms with E-state index < -0.39 is 5.97 Å². The summed E-state index contributed by atoms with van der Waals surface area (Å²) in [6.07, 6.45) is 4.38. The number of methoxy groups -OCH3 is 1. The highest BCUT2D eigenvalue weighted by Gasteiger charge is 2.21. The summed E-state index contributed by atoms with van der Waals surface area (Å²) in [4.78, 5) is 20.7. The molecule has 9 heteroatoms. The van der Waals surface area contributed by atoms with Crippen molar-refractivity contribution in [3.8, 4) is 28.6 Å². The molecule has 1 aromatic carbocycles. The lowest BCUT2D eigenvalue weighted by Gasteiger charge is -2.21. The maximum absolute atomic E-state index is 12.4. The second-order valence-corrected chi connectivity index (χ2v) is 6.20. The molecule has 0 unspecified atom stereocenters. The summed E-state index contributed by atoms with van der Waals surface area (Å²) < 4.78 is 26.9. The average molecular weight is 397 g/mol. The van der Waals surface area contributed by atoms with Crippen LogP contribution >= 0.6 is 0 Å². The Kier molecular flexibility index (Phi) is 5.55. The zero-order valence-electron chi connectivity index (χ0n) is 15.8. The molecule has 1 aliphatic rings. The van der Waals surface area contributed by atoms with E-state index in [1.807, 2.05) is 6.07 Å². The number of pyridine rings is 1. The van der Waals surface area contributed by atoms with Gasteiger partial charge >= 0.3 is 5.97 Å². The highest BCUT2D eigenvalue weighted by atomic mass is 16.6. The summed E-state index contributed by atoms with van der Waals surface area (Å²) in [6, 6.07) is 6.83. The van der Waals surface area contributed by atoms with E-state index >= 15 is 0 Å². The third-order valence-electron chi connectivity index (χ3n) is 4.22. The van der Waals surface area contributed by atoms with Gasteiger partial charge < -0.3 is 23.5 Å². The number of hydrogen-bond acceptors (Lipinski definition) is 9. The fourth-order valence-electron chi connectivity index (χ4n) is 2.83. The number of nitrogens with zero attached hydrogens (tertiary/aromatic N) is 3. The molecular formula is C20H19N3O6. The van der Waals surface area contributed by atoms with Crippen LogP contribution in [0.3, 0.4) is 0 Å². The number of rotatable bonds is 7. The van der Waals surface area contributed by atoms with E-state index in [2.05, 4.69) is 15.1 Å². The summed E-state index contributed by atoms with van der Waals surface area (Å²) in [5.74, 6) is 1.88. The third kappa shape index (κ3) is 4.29. The summed E-state index contributed by atoms with van der Waals surface area (Å²) in [5, 5.41) is 3.93. The number of aromatic nitrogens is 3. The van der Waals surface area contributed by atoms with Gasteiger partial charge in [0.2, 0.25) is 17.5 Å². The van der Waals surface area contributed by atoms with E-state index in [9.17, 15) is 4.79 Å². The minimum atomic E-state index is -0.471. The number of benzene rings is 1. The maximum atomic E-state index is 12.4. The van der Waals surface area contributed by atoms with Crippen molar-refractivity contribution < 1.29 is 28.3 Å². The molecular weight excluding hydrogens is 378 g/mol. The van der Waals surface area contributed by atoms with Crippen LogP contribution in [0, 0.1) is 0 Å². The van der Waals surface area contributed by atoms with Crippen LogP contribution in [0.4, 0.5) is 0 Å². The standard InChI is InChI=1S/C20H19N3O6/c1-25-15-10-14(11-16-18(15)27-9-8-26-16)20(24)28-7-3-5-17-22-19(23-29-17)13-4-2-6-21-12-13/h2,4,6,10-12H,3,5,7-9H2,1H3. The highest BCUT2D eigenvalue weighted by Crippen LogP contribution is 2.40. The second kappa shape index (κ2) is 8.59.